The van der Waals surface area contributed by atoms with Crippen LogP contribution in [0.5, 0.6) is 0 Å². The molecule has 0 saturated carbocycles. The molecule has 0 radical (unpaired) electrons. The van der Waals surface area contributed by atoms with Crippen molar-refractivity contribution in [1.29, 1.82) is 0 Å². The van der Waals surface area contributed by atoms with Crippen molar-refractivity contribution in [3.63, 3.8) is 0 Å². The standard InChI is InChI=1S/C22H22N2O3/c1-13-5-8-19(26-13)14-3-2-4-15(11-14)20-9-10-21(27-20)22(25)24-18-12-16-6-7-17(18)23-16/h2-5,8-11,16-18,23H,6-7,12H2,1H3,(H,24,25)/t16-,17+,18-/m1/s1. The molecule has 3 aromatic rings. The average Bonchev–Trinajstić information content (AvgIpc) is 3.46. The highest BCUT2D eigenvalue weighted by Crippen LogP contribution is 2.30. The molecular formula is C22H22N2O3. The van der Waals surface area contributed by atoms with Crippen LogP contribution < -0.4 is 10.6 Å². The van der Waals surface area contributed by atoms with E-state index < -0.39 is 0 Å². The number of hydrogen-bond donors (Lipinski definition) is 2. The fourth-order valence-corrected chi connectivity index (χ4v) is 4.25. The fraction of sp³-hybridized carbons (Fsp3) is 0.318. The Morgan fingerprint density at radius 1 is 1.04 bits per heavy atom. The van der Waals surface area contributed by atoms with Gasteiger partial charge in [-0.15, -0.1) is 0 Å². The molecule has 1 aromatic carbocycles. The summed E-state index contributed by atoms with van der Waals surface area (Å²) in [5.74, 6) is 2.59. The topological polar surface area (TPSA) is 67.4 Å². The lowest BCUT2D eigenvalue weighted by atomic mass is 9.95. The molecule has 5 rings (SSSR count). The molecule has 5 heteroatoms. The van der Waals surface area contributed by atoms with Gasteiger partial charge in [0.25, 0.3) is 5.91 Å². The summed E-state index contributed by atoms with van der Waals surface area (Å²) in [7, 11) is 0. The molecule has 5 nitrogen and oxygen atoms in total. The van der Waals surface area contributed by atoms with Crippen LogP contribution >= 0.6 is 0 Å². The van der Waals surface area contributed by atoms with Crippen LogP contribution in [0.15, 0.2) is 57.4 Å². The molecule has 2 N–H and O–H groups in total. The first-order valence-electron chi connectivity index (χ1n) is 9.50. The van der Waals surface area contributed by atoms with E-state index in [0.29, 0.717) is 23.6 Å². The van der Waals surface area contributed by atoms with Crippen molar-refractivity contribution in [3.8, 4) is 22.6 Å². The summed E-state index contributed by atoms with van der Waals surface area (Å²) in [6.45, 7) is 1.93. The van der Waals surface area contributed by atoms with Crippen LogP contribution in [-0.4, -0.2) is 24.0 Å². The molecule has 2 aliphatic heterocycles. The van der Waals surface area contributed by atoms with Crippen molar-refractivity contribution in [2.24, 2.45) is 0 Å². The molecule has 2 bridgehead atoms. The van der Waals surface area contributed by atoms with E-state index in [1.54, 1.807) is 6.07 Å². The Morgan fingerprint density at radius 3 is 2.48 bits per heavy atom. The summed E-state index contributed by atoms with van der Waals surface area (Å²) in [6.07, 6.45) is 3.36. The van der Waals surface area contributed by atoms with Gasteiger partial charge in [-0.25, -0.2) is 0 Å². The van der Waals surface area contributed by atoms with Gasteiger partial charge in [-0.1, -0.05) is 18.2 Å². The molecular weight excluding hydrogens is 340 g/mol. The number of rotatable bonds is 4. The van der Waals surface area contributed by atoms with Gasteiger partial charge in [0.05, 0.1) is 0 Å². The molecule has 0 aliphatic carbocycles. The van der Waals surface area contributed by atoms with Crippen LogP contribution in [-0.2, 0) is 0 Å². The molecule has 2 saturated heterocycles. The van der Waals surface area contributed by atoms with Crippen molar-refractivity contribution in [3.05, 3.63) is 60.1 Å². The maximum Gasteiger partial charge on any atom is 0.287 e. The summed E-state index contributed by atoms with van der Waals surface area (Å²) in [5.41, 5.74) is 1.90. The maximum atomic E-state index is 12.6. The third kappa shape index (κ3) is 3.08. The molecule has 27 heavy (non-hydrogen) atoms. The second-order valence-electron chi connectivity index (χ2n) is 7.52. The first-order valence-corrected chi connectivity index (χ1v) is 9.50. The number of nitrogens with one attached hydrogen (secondary N) is 2. The molecule has 0 unspecified atom stereocenters. The number of fused-ring (bicyclic) bond motifs is 2. The van der Waals surface area contributed by atoms with Crippen molar-refractivity contribution in [1.82, 2.24) is 10.6 Å². The molecule has 1 amide bonds. The highest BCUT2D eigenvalue weighted by Gasteiger charge is 2.39. The van der Waals surface area contributed by atoms with Gasteiger partial charge in [0.15, 0.2) is 5.76 Å². The van der Waals surface area contributed by atoms with Gasteiger partial charge < -0.3 is 19.5 Å². The lowest BCUT2D eigenvalue weighted by molar-refractivity contribution is 0.0903. The Bertz CT molecular complexity index is 987. The summed E-state index contributed by atoms with van der Waals surface area (Å²) in [4.78, 5) is 12.6. The first kappa shape index (κ1) is 16.4. The number of aryl methyl sites for hydroxylation is 1. The molecule has 2 aromatic heterocycles. The molecule has 2 aliphatic rings. The predicted molar refractivity (Wildman–Crippen MR) is 102 cm³/mol. The largest absolute Gasteiger partial charge is 0.461 e. The Kier molecular flexibility index (Phi) is 3.90. The third-order valence-corrected chi connectivity index (χ3v) is 5.62. The van der Waals surface area contributed by atoms with E-state index in [4.69, 9.17) is 8.83 Å². The molecule has 3 atom stereocenters. The van der Waals surface area contributed by atoms with Crippen LogP contribution in [0.2, 0.25) is 0 Å². The second kappa shape index (κ2) is 6.43. The SMILES string of the molecule is Cc1ccc(-c2cccc(-c3ccc(C(=O)N[C@@H]4C[C@H]5CC[C@@H]4N5)o3)c2)o1. The zero-order valence-corrected chi connectivity index (χ0v) is 15.2. The lowest BCUT2D eigenvalue weighted by Crippen LogP contribution is -2.42. The Morgan fingerprint density at radius 2 is 1.81 bits per heavy atom. The van der Waals surface area contributed by atoms with E-state index in [1.807, 2.05) is 49.4 Å². The van der Waals surface area contributed by atoms with Crippen LogP contribution in [0.1, 0.15) is 35.6 Å². The Hall–Kier alpha value is -2.79. The number of carbonyl (C=O) groups excluding carboxylic acids is 1. The van der Waals surface area contributed by atoms with Gasteiger partial charge in [-0.2, -0.15) is 0 Å². The first-order chi connectivity index (χ1) is 13.2. The minimum Gasteiger partial charge on any atom is -0.461 e. The van der Waals surface area contributed by atoms with Crippen molar-refractivity contribution in [2.45, 2.75) is 44.3 Å². The zero-order valence-electron chi connectivity index (χ0n) is 15.2. The quantitative estimate of drug-likeness (QED) is 0.732. The van der Waals surface area contributed by atoms with E-state index in [1.165, 1.54) is 6.42 Å². The average molecular weight is 362 g/mol. The Balaban J connectivity index is 1.34. The number of carbonyl (C=O) groups is 1. The minimum absolute atomic E-state index is 0.140. The van der Waals surface area contributed by atoms with E-state index >= 15 is 0 Å². The van der Waals surface area contributed by atoms with Gasteiger partial charge >= 0.3 is 0 Å². The van der Waals surface area contributed by atoms with E-state index in [0.717, 1.165) is 35.5 Å². The number of amides is 1. The summed E-state index contributed by atoms with van der Waals surface area (Å²) < 4.78 is 11.6. The van der Waals surface area contributed by atoms with E-state index in [9.17, 15) is 4.79 Å². The van der Waals surface area contributed by atoms with Gasteiger partial charge in [-0.05, 0) is 56.5 Å². The summed E-state index contributed by atoms with van der Waals surface area (Å²) >= 11 is 0. The number of furan rings is 2. The molecule has 2 fully saturated rings. The Labute approximate surface area is 157 Å². The number of benzene rings is 1. The summed E-state index contributed by atoms with van der Waals surface area (Å²) in [6, 6.07) is 16.6. The normalized spacial score (nSPS) is 23.7. The minimum atomic E-state index is -0.140. The van der Waals surface area contributed by atoms with E-state index in [-0.39, 0.29) is 11.9 Å². The lowest BCUT2D eigenvalue weighted by Gasteiger charge is -2.20. The van der Waals surface area contributed by atoms with Crippen molar-refractivity contribution >= 4 is 5.91 Å². The van der Waals surface area contributed by atoms with Crippen LogP contribution in [0.3, 0.4) is 0 Å². The van der Waals surface area contributed by atoms with Gasteiger partial charge in [0.1, 0.15) is 17.3 Å². The van der Waals surface area contributed by atoms with Crippen molar-refractivity contribution < 1.29 is 13.6 Å². The molecule has 138 valence electrons. The highest BCUT2D eigenvalue weighted by atomic mass is 16.4. The van der Waals surface area contributed by atoms with Crippen LogP contribution in [0.4, 0.5) is 0 Å². The van der Waals surface area contributed by atoms with Crippen LogP contribution in [0.25, 0.3) is 22.6 Å². The molecule has 4 heterocycles. The van der Waals surface area contributed by atoms with Gasteiger partial charge in [-0.3, -0.25) is 4.79 Å². The van der Waals surface area contributed by atoms with Gasteiger partial charge in [0.2, 0.25) is 0 Å². The third-order valence-electron chi connectivity index (χ3n) is 5.62. The molecule has 0 spiro atoms. The monoisotopic (exact) mass is 362 g/mol. The second-order valence-corrected chi connectivity index (χ2v) is 7.52. The van der Waals surface area contributed by atoms with Gasteiger partial charge in [0, 0.05) is 29.3 Å². The number of hydrogen-bond acceptors (Lipinski definition) is 4. The highest BCUT2D eigenvalue weighted by molar-refractivity contribution is 5.92. The predicted octanol–water partition coefficient (Wildman–Crippen LogP) is 4.14. The smallest absolute Gasteiger partial charge is 0.287 e. The van der Waals surface area contributed by atoms with E-state index in [2.05, 4.69) is 10.6 Å². The maximum absolute atomic E-state index is 12.6. The fourth-order valence-electron chi connectivity index (χ4n) is 4.25. The van der Waals surface area contributed by atoms with Crippen molar-refractivity contribution in [2.75, 3.05) is 0 Å². The van der Waals surface area contributed by atoms with Crippen LogP contribution in [0, 0.1) is 6.92 Å². The zero-order chi connectivity index (χ0) is 18.4. The summed E-state index contributed by atoms with van der Waals surface area (Å²) in [5, 5.41) is 6.66.